The SMILES string of the molecule is CCN(Cc1ccccn1)C(=O)N1C[C@H](O)C[C@H]1C(=O)O. The van der Waals surface area contributed by atoms with E-state index in [4.69, 9.17) is 5.11 Å². The van der Waals surface area contributed by atoms with Crippen molar-refractivity contribution in [2.75, 3.05) is 13.1 Å². The Kier molecular flexibility index (Phi) is 4.74. The molecule has 0 saturated carbocycles. The standard InChI is InChI=1S/C14H19N3O4/c1-2-16(8-10-5-3-4-6-15-10)14(21)17-9-11(18)7-12(17)13(19)20/h3-6,11-12,18H,2,7-9H2,1H3,(H,19,20)/t11-,12+/m1/s1. The van der Waals surface area contributed by atoms with Gasteiger partial charge in [0.05, 0.1) is 18.3 Å². The van der Waals surface area contributed by atoms with Crippen LogP contribution in [-0.4, -0.2) is 62.2 Å². The van der Waals surface area contributed by atoms with Crippen LogP contribution in [0.1, 0.15) is 19.0 Å². The number of amides is 2. The molecule has 1 aliphatic rings. The topological polar surface area (TPSA) is 94.0 Å². The van der Waals surface area contributed by atoms with Crippen LogP contribution < -0.4 is 0 Å². The summed E-state index contributed by atoms with van der Waals surface area (Å²) in [5.74, 6) is -1.09. The van der Waals surface area contributed by atoms with Gasteiger partial charge in [-0.1, -0.05) is 6.07 Å². The first-order valence-corrected chi connectivity index (χ1v) is 6.89. The van der Waals surface area contributed by atoms with Crippen LogP contribution in [0.5, 0.6) is 0 Å². The van der Waals surface area contributed by atoms with Crippen LogP contribution in [0, 0.1) is 0 Å². The number of likely N-dealkylation sites (tertiary alicyclic amines) is 1. The zero-order valence-electron chi connectivity index (χ0n) is 11.8. The number of aliphatic hydroxyl groups is 1. The molecule has 0 spiro atoms. The average Bonchev–Trinajstić information content (AvgIpc) is 2.87. The highest BCUT2D eigenvalue weighted by Gasteiger charge is 2.40. The van der Waals surface area contributed by atoms with Gasteiger partial charge in [-0.2, -0.15) is 0 Å². The Balaban J connectivity index is 2.10. The van der Waals surface area contributed by atoms with Crippen LogP contribution in [-0.2, 0) is 11.3 Å². The van der Waals surface area contributed by atoms with E-state index in [1.54, 1.807) is 12.3 Å². The molecule has 0 unspecified atom stereocenters. The molecule has 7 nitrogen and oxygen atoms in total. The molecule has 0 aliphatic carbocycles. The number of hydrogen-bond acceptors (Lipinski definition) is 4. The molecule has 1 aromatic rings. The van der Waals surface area contributed by atoms with E-state index >= 15 is 0 Å². The van der Waals surface area contributed by atoms with Crippen molar-refractivity contribution >= 4 is 12.0 Å². The van der Waals surface area contributed by atoms with Gasteiger partial charge < -0.3 is 20.0 Å². The zero-order valence-corrected chi connectivity index (χ0v) is 11.8. The Bertz CT molecular complexity index is 508. The summed E-state index contributed by atoms with van der Waals surface area (Å²) in [6, 6.07) is 4.08. The third-order valence-corrected chi connectivity index (χ3v) is 3.54. The summed E-state index contributed by atoms with van der Waals surface area (Å²) in [5, 5.41) is 18.8. The lowest BCUT2D eigenvalue weighted by molar-refractivity contribution is -0.141. The second-order valence-electron chi connectivity index (χ2n) is 5.01. The Labute approximate surface area is 122 Å². The van der Waals surface area contributed by atoms with Crippen LogP contribution in [0.15, 0.2) is 24.4 Å². The van der Waals surface area contributed by atoms with Crippen molar-refractivity contribution in [3.05, 3.63) is 30.1 Å². The summed E-state index contributed by atoms with van der Waals surface area (Å²) in [5.41, 5.74) is 0.735. The van der Waals surface area contributed by atoms with Crippen molar-refractivity contribution < 1.29 is 19.8 Å². The summed E-state index contributed by atoms with van der Waals surface area (Å²) in [4.78, 5) is 30.6. The second kappa shape index (κ2) is 6.53. The zero-order chi connectivity index (χ0) is 15.4. The lowest BCUT2D eigenvalue weighted by atomic mass is 10.2. The van der Waals surface area contributed by atoms with Crippen molar-refractivity contribution in [2.45, 2.75) is 32.0 Å². The van der Waals surface area contributed by atoms with E-state index in [9.17, 15) is 14.7 Å². The third kappa shape index (κ3) is 3.49. The van der Waals surface area contributed by atoms with E-state index in [0.29, 0.717) is 13.1 Å². The number of carboxylic acids is 1. The smallest absolute Gasteiger partial charge is 0.326 e. The Morgan fingerprint density at radius 2 is 2.24 bits per heavy atom. The maximum Gasteiger partial charge on any atom is 0.326 e. The van der Waals surface area contributed by atoms with Gasteiger partial charge >= 0.3 is 12.0 Å². The lowest BCUT2D eigenvalue weighted by Gasteiger charge is -2.29. The van der Waals surface area contributed by atoms with Crippen LogP contribution in [0.25, 0.3) is 0 Å². The minimum atomic E-state index is -1.09. The fraction of sp³-hybridized carbons (Fsp3) is 0.500. The molecule has 21 heavy (non-hydrogen) atoms. The van der Waals surface area contributed by atoms with Gasteiger partial charge in [0, 0.05) is 25.7 Å². The summed E-state index contributed by atoms with van der Waals surface area (Å²) in [6.07, 6.45) is 0.929. The first kappa shape index (κ1) is 15.2. The number of aliphatic carboxylic acids is 1. The van der Waals surface area contributed by atoms with Crippen molar-refractivity contribution in [3.8, 4) is 0 Å². The predicted octanol–water partition coefficient (Wildman–Crippen LogP) is 0.543. The van der Waals surface area contributed by atoms with Crippen molar-refractivity contribution in [2.24, 2.45) is 0 Å². The van der Waals surface area contributed by atoms with Gasteiger partial charge in [0.2, 0.25) is 0 Å². The molecule has 0 aromatic carbocycles. The molecule has 2 N–H and O–H groups in total. The summed E-state index contributed by atoms with van der Waals surface area (Å²) >= 11 is 0. The molecule has 2 amide bonds. The molecular weight excluding hydrogens is 274 g/mol. The Morgan fingerprint density at radius 3 is 2.81 bits per heavy atom. The molecule has 2 rings (SSSR count). The highest BCUT2D eigenvalue weighted by atomic mass is 16.4. The number of pyridine rings is 1. The van der Waals surface area contributed by atoms with Crippen LogP contribution >= 0.6 is 0 Å². The van der Waals surface area contributed by atoms with Crippen LogP contribution in [0.3, 0.4) is 0 Å². The summed E-state index contributed by atoms with van der Waals surface area (Å²) in [7, 11) is 0. The predicted molar refractivity (Wildman–Crippen MR) is 74.5 cm³/mol. The molecule has 0 radical (unpaired) electrons. The van der Waals surface area contributed by atoms with Gasteiger partial charge in [-0.05, 0) is 19.1 Å². The van der Waals surface area contributed by atoms with Gasteiger partial charge in [-0.3, -0.25) is 4.98 Å². The van der Waals surface area contributed by atoms with E-state index in [0.717, 1.165) is 5.69 Å². The van der Waals surface area contributed by atoms with Gasteiger partial charge in [0.15, 0.2) is 0 Å². The number of carboxylic acid groups (broad SMARTS) is 1. The highest BCUT2D eigenvalue weighted by molar-refractivity contribution is 5.83. The molecule has 2 heterocycles. The highest BCUT2D eigenvalue weighted by Crippen LogP contribution is 2.20. The van der Waals surface area contributed by atoms with E-state index in [-0.39, 0.29) is 19.0 Å². The number of aliphatic hydroxyl groups excluding tert-OH is 1. The summed E-state index contributed by atoms with van der Waals surface area (Å²) in [6.45, 7) is 2.63. The number of carbonyl (C=O) groups is 2. The van der Waals surface area contributed by atoms with Crippen LogP contribution in [0.2, 0.25) is 0 Å². The normalized spacial score (nSPS) is 21.3. The van der Waals surface area contributed by atoms with Crippen LogP contribution in [0.4, 0.5) is 4.79 Å². The second-order valence-corrected chi connectivity index (χ2v) is 5.01. The first-order valence-electron chi connectivity index (χ1n) is 6.89. The molecule has 7 heteroatoms. The molecule has 1 saturated heterocycles. The minimum Gasteiger partial charge on any atom is -0.480 e. The van der Waals surface area contributed by atoms with Gasteiger partial charge in [-0.15, -0.1) is 0 Å². The van der Waals surface area contributed by atoms with Gasteiger partial charge in [0.1, 0.15) is 6.04 Å². The fourth-order valence-corrected chi connectivity index (χ4v) is 2.44. The number of nitrogens with zero attached hydrogens (tertiary/aromatic N) is 3. The largest absolute Gasteiger partial charge is 0.480 e. The molecule has 2 atom stereocenters. The molecular formula is C14H19N3O4. The Morgan fingerprint density at radius 1 is 1.48 bits per heavy atom. The average molecular weight is 293 g/mol. The molecule has 1 aromatic heterocycles. The number of rotatable bonds is 4. The number of aromatic nitrogens is 1. The fourth-order valence-electron chi connectivity index (χ4n) is 2.44. The monoisotopic (exact) mass is 293 g/mol. The number of carbonyl (C=O) groups excluding carboxylic acids is 1. The molecule has 0 bridgehead atoms. The van der Waals surface area contributed by atoms with Gasteiger partial charge in [0.25, 0.3) is 0 Å². The van der Waals surface area contributed by atoms with E-state index < -0.39 is 18.1 Å². The minimum absolute atomic E-state index is 0.0501. The number of urea groups is 1. The summed E-state index contributed by atoms with van der Waals surface area (Å²) < 4.78 is 0. The molecule has 1 fully saturated rings. The van der Waals surface area contributed by atoms with Crippen molar-refractivity contribution in [3.63, 3.8) is 0 Å². The Hall–Kier alpha value is -2.15. The quantitative estimate of drug-likeness (QED) is 0.845. The number of hydrogen-bond donors (Lipinski definition) is 2. The third-order valence-electron chi connectivity index (χ3n) is 3.54. The molecule has 114 valence electrons. The first-order chi connectivity index (χ1) is 10.0. The van der Waals surface area contributed by atoms with Gasteiger partial charge in [-0.25, -0.2) is 9.59 Å². The van der Waals surface area contributed by atoms with E-state index in [1.165, 1.54) is 9.80 Å². The number of β-amino-alcohol motifs (C(OH)–C–C–N with tert-alkyl or cyclic N) is 1. The maximum atomic E-state index is 12.5. The van der Waals surface area contributed by atoms with Crippen molar-refractivity contribution in [1.82, 2.24) is 14.8 Å². The molecule has 1 aliphatic heterocycles. The van der Waals surface area contributed by atoms with E-state index in [1.807, 2.05) is 19.1 Å². The van der Waals surface area contributed by atoms with E-state index in [2.05, 4.69) is 4.98 Å². The van der Waals surface area contributed by atoms with Crippen molar-refractivity contribution in [1.29, 1.82) is 0 Å². The lowest BCUT2D eigenvalue weighted by Crippen LogP contribution is -2.48. The maximum absolute atomic E-state index is 12.5.